The molecule has 0 aliphatic carbocycles. The van der Waals surface area contributed by atoms with Gasteiger partial charge in [-0.1, -0.05) is 26.7 Å². The van der Waals surface area contributed by atoms with Crippen LogP contribution in [0.2, 0.25) is 0 Å². The predicted octanol–water partition coefficient (Wildman–Crippen LogP) is 1.80. The lowest BCUT2D eigenvalue weighted by Gasteiger charge is -2.22. The molecule has 15 heavy (non-hydrogen) atoms. The second-order valence-electron chi connectivity index (χ2n) is 4.47. The minimum Gasteiger partial charge on any atom is -0.391 e. The molecule has 0 saturated carbocycles. The molecule has 1 N–H and O–H groups in total. The van der Waals surface area contributed by atoms with Crippen molar-refractivity contribution >= 4 is 5.91 Å². The van der Waals surface area contributed by atoms with E-state index in [1.165, 1.54) is 0 Å². The van der Waals surface area contributed by atoms with Crippen LogP contribution in [0.1, 0.15) is 46.0 Å². The van der Waals surface area contributed by atoms with Crippen LogP contribution in [0.3, 0.4) is 0 Å². The van der Waals surface area contributed by atoms with Crippen LogP contribution in [0, 0.1) is 5.92 Å². The lowest BCUT2D eigenvalue weighted by Crippen LogP contribution is -2.34. The van der Waals surface area contributed by atoms with E-state index in [1.54, 1.807) is 0 Å². The third-order valence-corrected chi connectivity index (χ3v) is 3.22. The SMILES string of the molecule is CCCCC(CC)C(=O)N1CC[C@H](O)C1. The molecule has 1 unspecified atom stereocenters. The van der Waals surface area contributed by atoms with Gasteiger partial charge >= 0.3 is 0 Å². The molecule has 3 heteroatoms. The fraction of sp³-hybridized carbons (Fsp3) is 0.917. The molecule has 0 aromatic carbocycles. The number of hydrogen-bond acceptors (Lipinski definition) is 2. The molecule has 0 spiro atoms. The van der Waals surface area contributed by atoms with Gasteiger partial charge in [-0.15, -0.1) is 0 Å². The maximum Gasteiger partial charge on any atom is 0.225 e. The molecular formula is C12H23NO2. The molecule has 1 heterocycles. The summed E-state index contributed by atoms with van der Waals surface area (Å²) in [7, 11) is 0. The lowest BCUT2D eigenvalue weighted by atomic mass is 9.98. The summed E-state index contributed by atoms with van der Waals surface area (Å²) in [4.78, 5) is 13.9. The smallest absolute Gasteiger partial charge is 0.225 e. The van der Waals surface area contributed by atoms with Gasteiger partial charge in [-0.25, -0.2) is 0 Å². The van der Waals surface area contributed by atoms with E-state index in [4.69, 9.17) is 0 Å². The number of rotatable bonds is 5. The molecule has 3 nitrogen and oxygen atoms in total. The Morgan fingerprint density at radius 1 is 1.53 bits per heavy atom. The molecule has 88 valence electrons. The molecule has 1 aliphatic heterocycles. The van der Waals surface area contributed by atoms with E-state index in [0.717, 1.165) is 38.6 Å². The van der Waals surface area contributed by atoms with E-state index in [1.807, 2.05) is 4.90 Å². The van der Waals surface area contributed by atoms with Crippen LogP contribution >= 0.6 is 0 Å². The predicted molar refractivity (Wildman–Crippen MR) is 60.5 cm³/mol. The summed E-state index contributed by atoms with van der Waals surface area (Å²) in [6.07, 6.45) is 4.64. The van der Waals surface area contributed by atoms with Gasteiger partial charge in [-0.2, -0.15) is 0 Å². The Hall–Kier alpha value is -0.570. The fourth-order valence-electron chi connectivity index (χ4n) is 2.15. The molecule has 1 fully saturated rings. The van der Waals surface area contributed by atoms with Crippen molar-refractivity contribution in [2.75, 3.05) is 13.1 Å². The second-order valence-corrected chi connectivity index (χ2v) is 4.47. The standard InChI is InChI=1S/C12H23NO2/c1-3-5-6-10(4-2)12(15)13-8-7-11(14)9-13/h10-11,14H,3-9H2,1-2H3/t10?,11-/m0/s1. The molecule has 0 aromatic heterocycles. The highest BCUT2D eigenvalue weighted by atomic mass is 16.3. The Labute approximate surface area is 92.5 Å². The van der Waals surface area contributed by atoms with Crippen LogP contribution in [0.15, 0.2) is 0 Å². The third-order valence-electron chi connectivity index (χ3n) is 3.22. The van der Waals surface area contributed by atoms with Gasteiger partial charge in [0.25, 0.3) is 0 Å². The molecule has 0 radical (unpaired) electrons. The highest BCUT2D eigenvalue weighted by molar-refractivity contribution is 5.79. The summed E-state index contributed by atoms with van der Waals surface area (Å²) >= 11 is 0. The summed E-state index contributed by atoms with van der Waals surface area (Å²) in [5, 5.41) is 9.39. The van der Waals surface area contributed by atoms with Crippen LogP contribution in [-0.2, 0) is 4.79 Å². The minimum atomic E-state index is -0.294. The maximum absolute atomic E-state index is 12.0. The fourth-order valence-corrected chi connectivity index (χ4v) is 2.15. The summed E-state index contributed by atoms with van der Waals surface area (Å²) in [6.45, 7) is 5.51. The van der Waals surface area contributed by atoms with E-state index in [0.29, 0.717) is 6.54 Å². The maximum atomic E-state index is 12.0. The van der Waals surface area contributed by atoms with Gasteiger partial charge in [-0.3, -0.25) is 4.79 Å². The first-order valence-corrected chi connectivity index (χ1v) is 6.15. The van der Waals surface area contributed by atoms with Crippen molar-refractivity contribution in [1.29, 1.82) is 0 Å². The number of unbranched alkanes of at least 4 members (excludes halogenated alkanes) is 1. The number of carbonyl (C=O) groups is 1. The number of nitrogens with zero attached hydrogens (tertiary/aromatic N) is 1. The molecule has 1 amide bonds. The highest BCUT2D eigenvalue weighted by Gasteiger charge is 2.28. The zero-order valence-electron chi connectivity index (χ0n) is 9.91. The first kappa shape index (κ1) is 12.5. The Morgan fingerprint density at radius 3 is 2.73 bits per heavy atom. The number of carbonyl (C=O) groups excluding carboxylic acids is 1. The van der Waals surface area contributed by atoms with E-state index < -0.39 is 0 Å². The zero-order valence-corrected chi connectivity index (χ0v) is 9.91. The van der Waals surface area contributed by atoms with Crippen molar-refractivity contribution in [2.24, 2.45) is 5.92 Å². The van der Waals surface area contributed by atoms with E-state index >= 15 is 0 Å². The van der Waals surface area contributed by atoms with Crippen molar-refractivity contribution in [3.05, 3.63) is 0 Å². The summed E-state index contributed by atoms with van der Waals surface area (Å²) in [5.41, 5.74) is 0. The van der Waals surface area contributed by atoms with Gasteiger partial charge < -0.3 is 10.0 Å². The molecule has 2 atom stereocenters. The number of aliphatic hydroxyl groups is 1. The van der Waals surface area contributed by atoms with Gasteiger partial charge in [0.2, 0.25) is 5.91 Å². The van der Waals surface area contributed by atoms with E-state index in [2.05, 4.69) is 13.8 Å². The van der Waals surface area contributed by atoms with Crippen LogP contribution in [-0.4, -0.2) is 35.1 Å². The molecule has 1 saturated heterocycles. The number of β-amino-alcohol motifs (C(OH)–C–C–N with tert-alkyl or cyclic N) is 1. The first-order valence-electron chi connectivity index (χ1n) is 6.15. The monoisotopic (exact) mass is 213 g/mol. The Bertz CT molecular complexity index is 206. The van der Waals surface area contributed by atoms with Crippen molar-refractivity contribution in [3.63, 3.8) is 0 Å². The van der Waals surface area contributed by atoms with Crippen molar-refractivity contribution in [1.82, 2.24) is 4.90 Å². The molecule has 1 aliphatic rings. The van der Waals surface area contributed by atoms with Crippen LogP contribution < -0.4 is 0 Å². The Morgan fingerprint density at radius 2 is 2.27 bits per heavy atom. The summed E-state index contributed by atoms with van der Waals surface area (Å²) < 4.78 is 0. The van der Waals surface area contributed by atoms with Crippen LogP contribution in [0.4, 0.5) is 0 Å². The van der Waals surface area contributed by atoms with Gasteiger partial charge in [0.1, 0.15) is 0 Å². The largest absolute Gasteiger partial charge is 0.391 e. The molecule has 0 bridgehead atoms. The van der Waals surface area contributed by atoms with Crippen molar-refractivity contribution in [2.45, 2.75) is 52.1 Å². The molecule has 0 aromatic rings. The normalized spacial score (nSPS) is 23.1. The number of aliphatic hydroxyl groups excluding tert-OH is 1. The quantitative estimate of drug-likeness (QED) is 0.756. The summed E-state index contributed by atoms with van der Waals surface area (Å²) in [6, 6.07) is 0. The highest BCUT2D eigenvalue weighted by Crippen LogP contribution is 2.19. The van der Waals surface area contributed by atoms with E-state index in [9.17, 15) is 9.90 Å². The first-order chi connectivity index (χ1) is 7.19. The van der Waals surface area contributed by atoms with Gasteiger partial charge in [0.05, 0.1) is 6.10 Å². The van der Waals surface area contributed by atoms with Gasteiger partial charge in [0.15, 0.2) is 0 Å². The second kappa shape index (κ2) is 6.11. The molecular weight excluding hydrogens is 190 g/mol. The van der Waals surface area contributed by atoms with Crippen LogP contribution in [0.5, 0.6) is 0 Å². The summed E-state index contributed by atoms with van der Waals surface area (Å²) in [5.74, 6) is 0.428. The zero-order chi connectivity index (χ0) is 11.3. The Balaban J connectivity index is 2.42. The van der Waals surface area contributed by atoms with Crippen molar-refractivity contribution in [3.8, 4) is 0 Å². The number of hydrogen-bond donors (Lipinski definition) is 1. The number of amides is 1. The third kappa shape index (κ3) is 3.49. The topological polar surface area (TPSA) is 40.5 Å². The average molecular weight is 213 g/mol. The van der Waals surface area contributed by atoms with Gasteiger partial charge in [0, 0.05) is 19.0 Å². The minimum absolute atomic E-state index is 0.176. The van der Waals surface area contributed by atoms with E-state index in [-0.39, 0.29) is 17.9 Å². The molecule has 1 rings (SSSR count). The van der Waals surface area contributed by atoms with Crippen molar-refractivity contribution < 1.29 is 9.90 Å². The van der Waals surface area contributed by atoms with Gasteiger partial charge in [-0.05, 0) is 19.3 Å². The lowest BCUT2D eigenvalue weighted by molar-refractivity contribution is -0.135. The number of likely N-dealkylation sites (tertiary alicyclic amines) is 1. The average Bonchev–Trinajstić information content (AvgIpc) is 2.65. The Kier molecular flexibility index (Phi) is 5.09. The van der Waals surface area contributed by atoms with Crippen LogP contribution in [0.25, 0.3) is 0 Å².